The highest BCUT2D eigenvalue weighted by Crippen LogP contribution is 2.33. The number of hydrogen-bond donors (Lipinski definition) is 0. The number of carbonyl (C=O) groups excluding carboxylic acids is 2. The van der Waals surface area contributed by atoms with Crippen LogP contribution < -0.4 is 4.90 Å². The highest BCUT2D eigenvalue weighted by Gasteiger charge is 2.32. The molecule has 0 N–H and O–H groups in total. The topological polar surface area (TPSA) is 37.4 Å². The maximum absolute atomic E-state index is 13.2. The Morgan fingerprint density at radius 3 is 2.74 bits per heavy atom. The van der Waals surface area contributed by atoms with Gasteiger partial charge in [-0.05, 0) is 31.0 Å². The normalized spacial score (nSPS) is 19.6. The Morgan fingerprint density at radius 1 is 1.26 bits per heavy atom. The number of halogens is 1. The molecule has 0 saturated heterocycles. The van der Waals surface area contributed by atoms with Gasteiger partial charge in [0.1, 0.15) is 5.82 Å². The molecule has 0 unspecified atom stereocenters. The molecule has 1 amide bonds. The van der Waals surface area contributed by atoms with Crippen LogP contribution in [0.25, 0.3) is 0 Å². The van der Waals surface area contributed by atoms with E-state index in [2.05, 4.69) is 0 Å². The molecule has 1 aromatic carbocycles. The highest BCUT2D eigenvalue weighted by atomic mass is 19.1. The van der Waals surface area contributed by atoms with Crippen molar-refractivity contribution in [1.82, 2.24) is 0 Å². The molecule has 1 aliphatic carbocycles. The van der Waals surface area contributed by atoms with Crippen LogP contribution in [0.5, 0.6) is 0 Å². The molecule has 3 rings (SSSR count). The monoisotopic (exact) mass is 261 g/mol. The minimum absolute atomic E-state index is 0.0751. The third-order valence-electron chi connectivity index (χ3n) is 4.08. The second-order valence-electron chi connectivity index (χ2n) is 5.31. The van der Waals surface area contributed by atoms with Crippen molar-refractivity contribution in [3.8, 4) is 0 Å². The second-order valence-corrected chi connectivity index (χ2v) is 5.31. The minimum Gasteiger partial charge on any atom is -0.311 e. The first kappa shape index (κ1) is 12.3. The van der Waals surface area contributed by atoms with Gasteiger partial charge in [0, 0.05) is 24.4 Å². The lowest BCUT2D eigenvalue weighted by atomic mass is 9.97. The quantitative estimate of drug-likeness (QED) is 0.779. The number of carbonyl (C=O) groups is 2. The smallest absolute Gasteiger partial charge is 0.230 e. The lowest BCUT2D eigenvalue weighted by Gasteiger charge is -2.30. The average molecular weight is 261 g/mol. The molecule has 1 fully saturated rings. The number of amides is 1. The highest BCUT2D eigenvalue weighted by molar-refractivity contribution is 6.09. The van der Waals surface area contributed by atoms with E-state index >= 15 is 0 Å². The Bertz CT molecular complexity index is 535. The van der Waals surface area contributed by atoms with Crippen molar-refractivity contribution in [2.24, 2.45) is 5.92 Å². The molecule has 19 heavy (non-hydrogen) atoms. The van der Waals surface area contributed by atoms with Crippen molar-refractivity contribution in [2.75, 3.05) is 11.4 Å². The van der Waals surface area contributed by atoms with Crippen LogP contribution in [0, 0.1) is 11.7 Å². The Hall–Kier alpha value is -1.71. The van der Waals surface area contributed by atoms with Crippen molar-refractivity contribution < 1.29 is 14.0 Å². The van der Waals surface area contributed by atoms with Gasteiger partial charge in [-0.2, -0.15) is 0 Å². The summed E-state index contributed by atoms with van der Waals surface area (Å²) in [5.41, 5.74) is 0.923. The summed E-state index contributed by atoms with van der Waals surface area (Å²) in [6, 6.07) is 4.10. The van der Waals surface area contributed by atoms with E-state index in [-0.39, 0.29) is 24.0 Å². The second kappa shape index (κ2) is 4.76. The summed E-state index contributed by atoms with van der Waals surface area (Å²) < 4.78 is 13.2. The molecule has 0 spiro atoms. The number of fused-ring (bicyclic) bond motifs is 1. The van der Waals surface area contributed by atoms with Gasteiger partial charge in [0.25, 0.3) is 0 Å². The fraction of sp³-hybridized carbons (Fsp3) is 0.467. The van der Waals surface area contributed by atoms with Gasteiger partial charge >= 0.3 is 0 Å². The van der Waals surface area contributed by atoms with Crippen LogP contribution in [-0.2, 0) is 4.79 Å². The fourth-order valence-electron chi connectivity index (χ4n) is 3.06. The van der Waals surface area contributed by atoms with Gasteiger partial charge in [-0.1, -0.05) is 12.8 Å². The van der Waals surface area contributed by atoms with Crippen molar-refractivity contribution in [3.63, 3.8) is 0 Å². The molecule has 1 aliphatic heterocycles. The maximum atomic E-state index is 13.2. The third-order valence-corrected chi connectivity index (χ3v) is 4.08. The Kier molecular flexibility index (Phi) is 3.09. The summed E-state index contributed by atoms with van der Waals surface area (Å²) in [4.78, 5) is 26.0. The molecule has 0 aromatic heterocycles. The van der Waals surface area contributed by atoms with Crippen LogP contribution in [0.1, 0.15) is 42.5 Å². The molecule has 1 heterocycles. The van der Waals surface area contributed by atoms with Crippen molar-refractivity contribution in [2.45, 2.75) is 32.1 Å². The van der Waals surface area contributed by atoms with E-state index in [0.717, 1.165) is 25.7 Å². The lowest BCUT2D eigenvalue weighted by Crippen LogP contribution is -2.40. The maximum Gasteiger partial charge on any atom is 0.230 e. The number of anilines is 1. The zero-order valence-electron chi connectivity index (χ0n) is 10.7. The molecule has 4 heteroatoms. The van der Waals surface area contributed by atoms with Gasteiger partial charge in [-0.15, -0.1) is 0 Å². The van der Waals surface area contributed by atoms with Crippen molar-refractivity contribution in [3.05, 3.63) is 29.6 Å². The first-order valence-electron chi connectivity index (χ1n) is 6.81. The van der Waals surface area contributed by atoms with E-state index in [1.54, 1.807) is 11.0 Å². The van der Waals surface area contributed by atoms with Gasteiger partial charge in [0.15, 0.2) is 5.78 Å². The number of benzene rings is 1. The lowest BCUT2D eigenvalue weighted by molar-refractivity contribution is -0.122. The van der Waals surface area contributed by atoms with Crippen LogP contribution in [-0.4, -0.2) is 18.2 Å². The number of nitrogens with zero attached hydrogens (tertiary/aromatic N) is 1. The molecule has 0 atom stereocenters. The number of ketones is 1. The summed E-state index contributed by atoms with van der Waals surface area (Å²) in [6.45, 7) is 0.423. The van der Waals surface area contributed by atoms with Gasteiger partial charge in [-0.3, -0.25) is 9.59 Å². The molecule has 1 aromatic rings. The van der Waals surface area contributed by atoms with Gasteiger partial charge in [-0.25, -0.2) is 4.39 Å². The van der Waals surface area contributed by atoms with Gasteiger partial charge in [0.05, 0.1) is 5.69 Å². The van der Waals surface area contributed by atoms with Crippen LogP contribution in [0.2, 0.25) is 0 Å². The van der Waals surface area contributed by atoms with Crippen LogP contribution in [0.4, 0.5) is 10.1 Å². The molecule has 0 bridgehead atoms. The predicted molar refractivity (Wildman–Crippen MR) is 69.7 cm³/mol. The fourth-order valence-corrected chi connectivity index (χ4v) is 3.06. The molecular formula is C15H16FNO2. The molecule has 1 saturated carbocycles. The zero-order chi connectivity index (χ0) is 13.4. The summed E-state index contributed by atoms with van der Waals surface area (Å²) in [6.07, 6.45) is 4.34. The summed E-state index contributed by atoms with van der Waals surface area (Å²) in [5.74, 6) is -0.337. The third kappa shape index (κ3) is 2.15. The van der Waals surface area contributed by atoms with E-state index in [0.29, 0.717) is 17.8 Å². The van der Waals surface area contributed by atoms with E-state index in [9.17, 15) is 14.0 Å². The molecule has 3 nitrogen and oxygen atoms in total. The van der Waals surface area contributed by atoms with Crippen LogP contribution in [0.3, 0.4) is 0 Å². The molecular weight excluding hydrogens is 245 g/mol. The minimum atomic E-state index is -0.428. The first-order chi connectivity index (χ1) is 9.16. The van der Waals surface area contributed by atoms with E-state index in [1.165, 1.54) is 12.1 Å². The summed E-state index contributed by atoms with van der Waals surface area (Å²) in [5, 5.41) is 0. The molecule has 2 aliphatic rings. The standard InChI is InChI=1S/C15H16FNO2/c16-11-5-6-13-12(9-11)14(18)7-8-17(13)15(19)10-3-1-2-4-10/h5-6,9-10H,1-4,7-8H2. The zero-order valence-corrected chi connectivity index (χ0v) is 10.7. The average Bonchev–Trinajstić information content (AvgIpc) is 2.93. The number of hydrogen-bond acceptors (Lipinski definition) is 2. The van der Waals surface area contributed by atoms with Gasteiger partial charge < -0.3 is 4.90 Å². The van der Waals surface area contributed by atoms with Crippen LogP contribution >= 0.6 is 0 Å². The van der Waals surface area contributed by atoms with Crippen molar-refractivity contribution >= 4 is 17.4 Å². The molecule has 0 radical (unpaired) electrons. The Balaban J connectivity index is 1.94. The largest absolute Gasteiger partial charge is 0.311 e. The number of Topliss-reactive ketones (excluding diaryl/α,β-unsaturated/α-hetero) is 1. The van der Waals surface area contributed by atoms with E-state index < -0.39 is 5.82 Å². The predicted octanol–water partition coefficient (Wildman–Crippen LogP) is 2.94. The summed E-state index contributed by atoms with van der Waals surface area (Å²) in [7, 11) is 0. The van der Waals surface area contributed by atoms with Gasteiger partial charge in [0.2, 0.25) is 5.91 Å². The number of rotatable bonds is 1. The van der Waals surface area contributed by atoms with Crippen molar-refractivity contribution in [1.29, 1.82) is 0 Å². The van der Waals surface area contributed by atoms with Crippen LogP contribution in [0.15, 0.2) is 18.2 Å². The first-order valence-corrected chi connectivity index (χ1v) is 6.81. The SMILES string of the molecule is O=C1CCN(C(=O)C2CCCC2)c2ccc(F)cc21. The Morgan fingerprint density at radius 2 is 2.00 bits per heavy atom. The molecule has 100 valence electrons. The van der Waals surface area contributed by atoms with E-state index in [4.69, 9.17) is 0 Å². The van der Waals surface area contributed by atoms with E-state index in [1.807, 2.05) is 0 Å². The summed E-state index contributed by atoms with van der Waals surface area (Å²) >= 11 is 0. The Labute approximate surface area is 111 Å².